The zero-order valence-electron chi connectivity index (χ0n) is 26.5. The summed E-state index contributed by atoms with van der Waals surface area (Å²) in [6.07, 6.45) is -1.41. The van der Waals surface area contributed by atoms with Gasteiger partial charge < -0.3 is 40.1 Å². The second-order valence-electron chi connectivity index (χ2n) is 13.7. The van der Waals surface area contributed by atoms with Crippen LogP contribution >= 0.6 is 0 Å². The van der Waals surface area contributed by atoms with Crippen molar-refractivity contribution >= 4 is 5.78 Å². The van der Waals surface area contributed by atoms with Crippen LogP contribution in [0.5, 0.6) is 0 Å². The first-order chi connectivity index (χ1) is 19.7. The summed E-state index contributed by atoms with van der Waals surface area (Å²) in [5, 5.41) is 62.5. The van der Waals surface area contributed by atoms with E-state index in [9.17, 15) is 35.4 Å². The van der Waals surface area contributed by atoms with Crippen LogP contribution < -0.4 is 0 Å². The van der Waals surface area contributed by atoms with Crippen molar-refractivity contribution in [2.24, 2.45) is 40.9 Å². The molecular formula is C33H56O9. The topological polar surface area (TPSA) is 157 Å². The van der Waals surface area contributed by atoms with Crippen LogP contribution in [0, 0.1) is 40.9 Å². The second-order valence-corrected chi connectivity index (χ2v) is 13.7. The average Bonchev–Trinajstić information content (AvgIpc) is 2.93. The Morgan fingerprint density at radius 1 is 1.17 bits per heavy atom. The average molecular weight is 614 g/mol. The standard InChI is InChI=1S/C33H56O9/c1-8-9-18(3)28(37)21(6)24(41-32-31(40)30(39)29(38)25(16-35)42-32)15-23-19(4)14-22-13-17(2)12-20(5)27(22)33(23,7)26(36)10-11-34/h9,14,17,20-25,27-32,34-35,37-40H,8,10-13,15-16H2,1-7H3/b18-9+/t17-,20+,21+,22+,23-,24-,25+,27-,28+,29+,30-,31+,32+,33+/m0/s1/i1+1,2+1,3+1,4+1,5+1,6+1,7+1,8+1,10+1,15+1,17+1,18+1,19+1,20+1,21+1,22+1,33+1. The zero-order valence-corrected chi connectivity index (χ0v) is 26.5. The van der Waals surface area contributed by atoms with Gasteiger partial charge >= 0.3 is 0 Å². The molecule has 6 N–H and O–H groups in total. The minimum Gasteiger partial charge on any atom is -0.396 e. The Morgan fingerprint density at radius 2 is 1.83 bits per heavy atom. The molecule has 0 spiro atoms. The Labute approximate surface area is 251 Å². The Bertz CT molecular complexity index is 963. The molecule has 2 aliphatic carbocycles. The smallest absolute Gasteiger partial charge is 0.186 e. The van der Waals surface area contributed by atoms with Gasteiger partial charge in [0.2, 0.25) is 0 Å². The van der Waals surface area contributed by atoms with E-state index >= 15 is 0 Å². The summed E-state index contributed by atoms with van der Waals surface area (Å²) in [5.74, 6) is 0.415. The maximum atomic E-state index is 14.0. The predicted octanol–water partition coefficient (Wildman–Crippen LogP) is 2.75. The van der Waals surface area contributed by atoms with Gasteiger partial charge in [0.25, 0.3) is 0 Å². The Hall–Kier alpha value is -1.17. The molecule has 0 aromatic carbocycles. The van der Waals surface area contributed by atoms with E-state index in [4.69, 9.17) is 9.47 Å². The van der Waals surface area contributed by atoms with Crippen LogP contribution in [0.15, 0.2) is 23.3 Å². The number of aliphatic hydroxyl groups excluding tert-OH is 6. The minimum absolute atomic E-state index is 0.0145. The highest BCUT2D eigenvalue weighted by Crippen LogP contribution is 2.58. The molecular weight excluding hydrogens is 557 g/mol. The van der Waals surface area contributed by atoms with E-state index in [0.29, 0.717) is 18.3 Å². The van der Waals surface area contributed by atoms with Gasteiger partial charge in [-0.3, -0.25) is 4.79 Å². The molecule has 3 rings (SSSR count). The summed E-state index contributed by atoms with van der Waals surface area (Å²) in [6, 6.07) is 0. The first-order valence-corrected chi connectivity index (χ1v) is 15.9. The Balaban J connectivity index is 2.06. The molecule has 0 unspecified atom stereocenters. The summed E-state index contributed by atoms with van der Waals surface area (Å²) in [7, 11) is 0. The van der Waals surface area contributed by atoms with Gasteiger partial charge in [0.1, 0.15) is 30.2 Å². The van der Waals surface area contributed by atoms with E-state index in [1.54, 1.807) is 0 Å². The largest absolute Gasteiger partial charge is 0.396 e. The number of rotatable bonds is 12. The number of ether oxygens (including phenoxy) is 2. The van der Waals surface area contributed by atoms with E-state index < -0.39 is 60.9 Å². The van der Waals surface area contributed by atoms with Crippen molar-refractivity contribution in [3.63, 3.8) is 0 Å². The summed E-state index contributed by atoms with van der Waals surface area (Å²) < 4.78 is 12.1. The van der Waals surface area contributed by atoms with Gasteiger partial charge in [0.05, 0.1) is 18.8 Å². The molecule has 0 amide bonds. The van der Waals surface area contributed by atoms with Gasteiger partial charge in [-0.25, -0.2) is 0 Å². The number of ketones is 1. The fourth-order valence-corrected chi connectivity index (χ4v) is 8.50. The minimum atomic E-state index is -1.60. The summed E-state index contributed by atoms with van der Waals surface area (Å²) in [4.78, 5) is 14.0. The number of allylic oxidation sites excluding steroid dienone is 3. The quantitative estimate of drug-likeness (QED) is 0.144. The molecule has 0 aromatic heterocycles. The van der Waals surface area contributed by atoms with Crippen LogP contribution in [-0.2, 0) is 14.3 Å². The molecule has 1 aliphatic heterocycles. The third-order valence-corrected chi connectivity index (χ3v) is 10.6. The van der Waals surface area contributed by atoms with Gasteiger partial charge in [-0.2, -0.15) is 0 Å². The zero-order chi connectivity index (χ0) is 31.5. The lowest BCUT2D eigenvalue weighted by atomic mass is 9.97. The van der Waals surface area contributed by atoms with Gasteiger partial charge in [-0.15, -0.1) is 0 Å². The summed E-state index contributed by atoms with van der Waals surface area (Å²) in [6.45, 7) is 13.4. The van der Waals surface area contributed by atoms with Crippen LogP contribution in [0.4, 0.5) is 0 Å². The second kappa shape index (κ2) is 14.7. The normalized spacial score (nSPS) is 41.5. The van der Waals surface area contributed by atoms with Crippen molar-refractivity contribution < 1.29 is 44.9 Å². The highest BCUT2D eigenvalue weighted by Gasteiger charge is 2.56. The number of carbonyl (C=O) groups excluding carboxylic acids is 1. The van der Waals surface area contributed by atoms with Crippen LogP contribution in [0.25, 0.3) is 0 Å². The van der Waals surface area contributed by atoms with Crippen LogP contribution in [0.3, 0.4) is 0 Å². The summed E-state index contributed by atoms with van der Waals surface area (Å²) in [5.41, 5.74) is 1.05. The monoisotopic (exact) mass is 613 g/mol. The molecule has 242 valence electrons. The van der Waals surface area contributed by atoms with E-state index in [1.165, 1.54) is 0 Å². The lowest BCUT2D eigenvalue weighted by Crippen LogP contribution is -2.60. The van der Waals surface area contributed by atoms with Gasteiger partial charge in [-0.1, -0.05) is 52.3 Å². The third-order valence-electron chi connectivity index (χ3n) is 10.6. The highest BCUT2D eigenvalue weighted by atomic mass is 16.7. The lowest BCUT2D eigenvalue weighted by Gasteiger charge is -2.55. The molecule has 1 heterocycles. The molecule has 9 heteroatoms. The van der Waals surface area contributed by atoms with E-state index in [2.05, 4.69) is 19.9 Å². The van der Waals surface area contributed by atoms with Crippen LogP contribution in [0.2, 0.25) is 0 Å². The maximum absolute atomic E-state index is 14.0. The highest BCUT2D eigenvalue weighted by molar-refractivity contribution is 5.86. The lowest BCUT2D eigenvalue weighted by molar-refractivity contribution is -0.317. The van der Waals surface area contributed by atoms with Crippen LogP contribution in [-0.4, -0.2) is 92.5 Å². The molecule has 9 nitrogen and oxygen atoms in total. The van der Waals surface area contributed by atoms with Crippen molar-refractivity contribution in [3.05, 3.63) is 23.3 Å². The maximum Gasteiger partial charge on any atom is 0.186 e. The van der Waals surface area contributed by atoms with Crippen molar-refractivity contribution in [2.75, 3.05) is 13.2 Å². The Kier molecular flexibility index (Phi) is 12.4. The number of hydrogen-bond donors (Lipinski definition) is 6. The molecule has 14 atom stereocenters. The number of carbonyl (C=O) groups is 1. The van der Waals surface area contributed by atoms with Gasteiger partial charge in [0, 0.05) is 24.4 Å². The fourth-order valence-electron chi connectivity index (χ4n) is 8.50. The molecule has 1 saturated carbocycles. The number of aliphatic hydroxyl groups is 6. The van der Waals surface area contributed by atoms with E-state index in [0.717, 1.165) is 30.4 Å². The molecule has 3 aliphatic rings. The van der Waals surface area contributed by atoms with Crippen molar-refractivity contribution in [2.45, 2.75) is 123 Å². The molecule has 1 saturated heterocycles. The van der Waals surface area contributed by atoms with Gasteiger partial charge in [-0.05, 0) is 74.7 Å². The number of hydrogen-bond acceptors (Lipinski definition) is 9. The van der Waals surface area contributed by atoms with E-state index in [1.807, 2.05) is 40.7 Å². The molecule has 0 aromatic rings. The number of fused-ring (bicyclic) bond motifs is 1. The Morgan fingerprint density at radius 3 is 2.43 bits per heavy atom. The van der Waals surface area contributed by atoms with Gasteiger partial charge in [0.15, 0.2) is 6.29 Å². The van der Waals surface area contributed by atoms with Crippen LogP contribution in [0.1, 0.15) is 80.6 Å². The fraction of sp³-hybridized carbons (Fsp3) is 0.848. The first kappa shape index (κ1) is 35.3. The summed E-state index contributed by atoms with van der Waals surface area (Å²) >= 11 is 0. The predicted molar refractivity (Wildman–Crippen MR) is 159 cm³/mol. The molecule has 2 fully saturated rings. The van der Waals surface area contributed by atoms with Crippen molar-refractivity contribution in [1.82, 2.24) is 0 Å². The molecule has 42 heavy (non-hydrogen) atoms. The SMILES string of the molecule is [13CH3][13CH2]/C=[13C](\[13CH3])[C@@H](O)[13C@H]([13CH3])[C@H]([13CH2][C@H]1[13C]([13CH3])=C[13C@H]2C[13C@@H]([13CH3])C[13C@@H]([13CH3])[C@@H]2[13C@@]1([13CH3])C(=O)[13CH2]CO)O[C@@H]1O[C@H](CO)[C@@H](O)[C@H](O)[C@H]1O. The number of Topliss-reactive ketones (excluding diaryl/α,β-unsaturated/α-hetero) is 1. The van der Waals surface area contributed by atoms with E-state index in [-0.39, 0.29) is 36.6 Å². The third kappa shape index (κ3) is 7.04. The molecule has 0 bridgehead atoms. The van der Waals surface area contributed by atoms with Crippen molar-refractivity contribution in [1.29, 1.82) is 0 Å². The molecule has 0 radical (unpaired) electrons. The van der Waals surface area contributed by atoms with Crippen molar-refractivity contribution in [3.8, 4) is 0 Å². The first-order valence-electron chi connectivity index (χ1n) is 15.9.